The van der Waals surface area contributed by atoms with Gasteiger partial charge in [0, 0.05) is 6.04 Å². The van der Waals surface area contributed by atoms with E-state index in [0.717, 1.165) is 0 Å². The molecule has 0 unspecified atom stereocenters. The lowest BCUT2D eigenvalue weighted by Gasteiger charge is -2.09. The first-order valence-electron chi connectivity index (χ1n) is 5.36. The van der Waals surface area contributed by atoms with E-state index >= 15 is 0 Å². The number of hydrazone groups is 1. The SMILES string of the molecule is CC(C)NC(=S)N/N=C\c1c(F)c(F)c(F)c(F)c1F. The van der Waals surface area contributed by atoms with Crippen molar-refractivity contribution in [3.05, 3.63) is 34.6 Å². The van der Waals surface area contributed by atoms with Crippen molar-refractivity contribution in [2.24, 2.45) is 5.10 Å². The third-order valence-corrected chi connectivity index (χ3v) is 2.23. The zero-order valence-electron chi connectivity index (χ0n) is 10.4. The molecule has 0 saturated carbocycles. The summed E-state index contributed by atoms with van der Waals surface area (Å²) in [6.45, 7) is 3.56. The van der Waals surface area contributed by atoms with E-state index < -0.39 is 34.6 Å². The predicted octanol–water partition coefficient (Wildman–Crippen LogP) is 2.59. The van der Waals surface area contributed by atoms with Gasteiger partial charge >= 0.3 is 0 Å². The quantitative estimate of drug-likeness (QED) is 0.225. The molecule has 0 atom stereocenters. The van der Waals surface area contributed by atoms with Crippen molar-refractivity contribution < 1.29 is 22.0 Å². The van der Waals surface area contributed by atoms with Crippen LogP contribution < -0.4 is 10.7 Å². The molecule has 0 heterocycles. The van der Waals surface area contributed by atoms with Crippen molar-refractivity contribution in [3.63, 3.8) is 0 Å². The molecule has 0 aliphatic rings. The summed E-state index contributed by atoms with van der Waals surface area (Å²) >= 11 is 4.75. The number of rotatable bonds is 3. The Morgan fingerprint density at radius 3 is 1.90 bits per heavy atom. The second kappa shape index (κ2) is 6.60. The van der Waals surface area contributed by atoms with E-state index in [4.69, 9.17) is 12.2 Å². The van der Waals surface area contributed by atoms with E-state index in [1.165, 1.54) is 0 Å². The van der Waals surface area contributed by atoms with E-state index in [0.29, 0.717) is 6.21 Å². The van der Waals surface area contributed by atoms with Gasteiger partial charge in [0.1, 0.15) is 0 Å². The Labute approximate surface area is 116 Å². The number of benzene rings is 1. The van der Waals surface area contributed by atoms with Crippen molar-refractivity contribution in [1.29, 1.82) is 0 Å². The van der Waals surface area contributed by atoms with Crippen LogP contribution in [-0.4, -0.2) is 17.4 Å². The normalized spacial score (nSPS) is 11.2. The number of nitrogens with zero attached hydrogens (tertiary/aromatic N) is 1. The Hall–Kier alpha value is -1.77. The van der Waals surface area contributed by atoms with Crippen LogP contribution in [0.5, 0.6) is 0 Å². The van der Waals surface area contributed by atoms with Gasteiger partial charge in [0.2, 0.25) is 5.82 Å². The summed E-state index contributed by atoms with van der Waals surface area (Å²) in [6, 6.07) is -0.0145. The van der Waals surface area contributed by atoms with Gasteiger partial charge in [-0.1, -0.05) is 0 Å². The monoisotopic (exact) mass is 311 g/mol. The summed E-state index contributed by atoms with van der Waals surface area (Å²) in [6.07, 6.45) is 0.463. The maximum Gasteiger partial charge on any atom is 0.200 e. The van der Waals surface area contributed by atoms with E-state index in [2.05, 4.69) is 15.8 Å². The predicted molar refractivity (Wildman–Crippen MR) is 67.8 cm³/mol. The Kier molecular flexibility index (Phi) is 5.37. The van der Waals surface area contributed by atoms with Crippen LogP contribution in [0.15, 0.2) is 5.10 Å². The first kappa shape index (κ1) is 16.3. The summed E-state index contributed by atoms with van der Waals surface area (Å²) < 4.78 is 65.0. The second-order valence-corrected chi connectivity index (χ2v) is 4.39. The van der Waals surface area contributed by atoms with Crippen molar-refractivity contribution >= 4 is 23.5 Å². The van der Waals surface area contributed by atoms with Gasteiger partial charge in [-0.3, -0.25) is 5.43 Å². The third kappa shape index (κ3) is 3.62. The van der Waals surface area contributed by atoms with Gasteiger partial charge in [-0.25, -0.2) is 22.0 Å². The molecule has 20 heavy (non-hydrogen) atoms. The van der Waals surface area contributed by atoms with Crippen molar-refractivity contribution in [2.75, 3.05) is 0 Å². The molecule has 0 aliphatic heterocycles. The highest BCUT2D eigenvalue weighted by Gasteiger charge is 2.24. The minimum Gasteiger partial charge on any atom is -0.359 e. The topological polar surface area (TPSA) is 36.4 Å². The summed E-state index contributed by atoms with van der Waals surface area (Å²) in [7, 11) is 0. The fourth-order valence-electron chi connectivity index (χ4n) is 1.19. The Morgan fingerprint density at radius 2 is 1.45 bits per heavy atom. The van der Waals surface area contributed by atoms with E-state index in [1.54, 1.807) is 13.8 Å². The van der Waals surface area contributed by atoms with Crippen LogP contribution in [0.4, 0.5) is 22.0 Å². The minimum atomic E-state index is -2.22. The van der Waals surface area contributed by atoms with Crippen LogP contribution in [0.3, 0.4) is 0 Å². The Balaban J connectivity index is 2.96. The lowest BCUT2D eigenvalue weighted by Crippen LogP contribution is -2.36. The zero-order valence-corrected chi connectivity index (χ0v) is 11.2. The van der Waals surface area contributed by atoms with Crippen LogP contribution >= 0.6 is 12.2 Å². The number of thiocarbonyl (C=S) groups is 1. The molecule has 0 amide bonds. The molecule has 0 radical (unpaired) electrons. The lowest BCUT2D eigenvalue weighted by atomic mass is 10.2. The molecular weight excluding hydrogens is 301 g/mol. The number of halogens is 5. The maximum absolute atomic E-state index is 13.2. The fraction of sp³-hybridized carbons (Fsp3) is 0.273. The van der Waals surface area contributed by atoms with Gasteiger partial charge in [0.05, 0.1) is 11.8 Å². The average molecular weight is 311 g/mol. The molecule has 1 aromatic carbocycles. The molecule has 0 aromatic heterocycles. The van der Waals surface area contributed by atoms with Gasteiger partial charge in [0.25, 0.3) is 0 Å². The molecule has 2 N–H and O–H groups in total. The first-order chi connectivity index (χ1) is 9.25. The number of hydrogen-bond acceptors (Lipinski definition) is 2. The molecule has 0 aliphatic carbocycles. The maximum atomic E-state index is 13.2. The minimum absolute atomic E-state index is 0.0145. The van der Waals surface area contributed by atoms with Crippen molar-refractivity contribution in [3.8, 4) is 0 Å². The Morgan fingerprint density at radius 1 is 1.00 bits per heavy atom. The summed E-state index contributed by atoms with van der Waals surface area (Å²) in [5.74, 6) is -10.2. The smallest absolute Gasteiger partial charge is 0.200 e. The van der Waals surface area contributed by atoms with Crippen molar-refractivity contribution in [1.82, 2.24) is 10.7 Å². The summed E-state index contributed by atoms with van der Waals surface area (Å²) in [4.78, 5) is 0. The highest BCUT2D eigenvalue weighted by Crippen LogP contribution is 2.21. The zero-order chi connectivity index (χ0) is 15.4. The fourth-order valence-corrected chi connectivity index (χ4v) is 1.47. The molecule has 1 rings (SSSR count). The van der Waals surface area contributed by atoms with E-state index in [1.807, 2.05) is 0 Å². The van der Waals surface area contributed by atoms with Gasteiger partial charge in [-0.15, -0.1) is 0 Å². The highest BCUT2D eigenvalue weighted by molar-refractivity contribution is 7.80. The molecule has 110 valence electrons. The third-order valence-electron chi connectivity index (χ3n) is 2.02. The highest BCUT2D eigenvalue weighted by atomic mass is 32.1. The van der Waals surface area contributed by atoms with Crippen molar-refractivity contribution in [2.45, 2.75) is 19.9 Å². The molecule has 9 heteroatoms. The lowest BCUT2D eigenvalue weighted by molar-refractivity contribution is 0.377. The standard InChI is InChI=1S/C11H10F5N3S/c1-4(2)18-11(20)19-17-3-5-6(12)8(14)10(16)9(15)7(5)13/h3-4H,1-2H3,(H2,18,19,20)/b17-3-. The molecular formula is C11H10F5N3S. The van der Waals surface area contributed by atoms with Gasteiger partial charge in [-0.05, 0) is 26.1 Å². The number of hydrogen-bond donors (Lipinski definition) is 2. The van der Waals surface area contributed by atoms with Gasteiger partial charge < -0.3 is 5.32 Å². The van der Waals surface area contributed by atoms with Crippen LogP contribution in [0.1, 0.15) is 19.4 Å². The molecule has 1 aromatic rings. The van der Waals surface area contributed by atoms with Gasteiger partial charge in [-0.2, -0.15) is 5.10 Å². The average Bonchev–Trinajstić information content (AvgIpc) is 2.37. The van der Waals surface area contributed by atoms with Crippen LogP contribution in [-0.2, 0) is 0 Å². The largest absolute Gasteiger partial charge is 0.359 e. The van der Waals surface area contributed by atoms with E-state index in [9.17, 15) is 22.0 Å². The van der Waals surface area contributed by atoms with Crippen LogP contribution in [0.25, 0.3) is 0 Å². The molecule has 0 bridgehead atoms. The molecule has 0 fully saturated rings. The first-order valence-corrected chi connectivity index (χ1v) is 5.77. The second-order valence-electron chi connectivity index (χ2n) is 3.98. The van der Waals surface area contributed by atoms with E-state index in [-0.39, 0.29) is 11.2 Å². The Bertz CT molecular complexity index is 530. The van der Waals surface area contributed by atoms with Crippen LogP contribution in [0.2, 0.25) is 0 Å². The number of nitrogens with one attached hydrogen (secondary N) is 2. The molecule has 0 spiro atoms. The summed E-state index contributed by atoms with van der Waals surface area (Å²) in [5, 5.41) is 6.06. The molecule has 0 saturated heterocycles. The van der Waals surface area contributed by atoms with Gasteiger partial charge in [0.15, 0.2) is 28.4 Å². The van der Waals surface area contributed by atoms with Crippen LogP contribution in [0, 0.1) is 29.1 Å². The molecule has 3 nitrogen and oxygen atoms in total. The summed E-state index contributed by atoms with van der Waals surface area (Å²) in [5.41, 5.74) is 1.04.